The largest absolute Gasteiger partial charge is 0.491 e. The Hall–Kier alpha value is -2.64. The predicted octanol–water partition coefficient (Wildman–Crippen LogP) is 4.03. The quantitative estimate of drug-likeness (QED) is 0.520. The average Bonchev–Trinajstić information content (AvgIpc) is 3.52. The number of methoxy groups -OCH3 is 1. The molecule has 3 aromatic rings. The summed E-state index contributed by atoms with van der Waals surface area (Å²) in [5.74, 6) is 2.95. The van der Waals surface area contributed by atoms with Crippen molar-refractivity contribution in [3.8, 4) is 28.5 Å². The Morgan fingerprint density at radius 2 is 2.13 bits per heavy atom. The van der Waals surface area contributed by atoms with Gasteiger partial charge in [0.15, 0.2) is 11.6 Å². The highest BCUT2D eigenvalue weighted by Crippen LogP contribution is 2.37. The van der Waals surface area contributed by atoms with E-state index in [4.69, 9.17) is 31.2 Å². The molecule has 0 saturated heterocycles. The Bertz CT molecular complexity index is 1070. The predicted molar refractivity (Wildman–Crippen MR) is 116 cm³/mol. The van der Waals surface area contributed by atoms with Crippen LogP contribution in [0.3, 0.4) is 0 Å². The number of nitrogens with zero attached hydrogens (tertiary/aromatic N) is 3. The van der Waals surface area contributed by atoms with Crippen molar-refractivity contribution in [1.82, 2.24) is 19.7 Å². The summed E-state index contributed by atoms with van der Waals surface area (Å²) in [7, 11) is 1.64. The third-order valence-corrected chi connectivity index (χ3v) is 5.63. The van der Waals surface area contributed by atoms with Gasteiger partial charge in [0.1, 0.15) is 17.4 Å². The third kappa shape index (κ3) is 4.57. The van der Waals surface area contributed by atoms with Gasteiger partial charge in [-0.05, 0) is 36.8 Å². The lowest BCUT2D eigenvalue weighted by atomic mass is 10.1. The summed E-state index contributed by atoms with van der Waals surface area (Å²) in [4.78, 5) is 20.3. The van der Waals surface area contributed by atoms with Crippen molar-refractivity contribution in [2.24, 2.45) is 11.8 Å². The highest BCUT2D eigenvalue weighted by atomic mass is 35.5. The fraction of sp³-hybridized carbons (Fsp3) is 0.409. The molecule has 158 valence electrons. The summed E-state index contributed by atoms with van der Waals surface area (Å²) in [5, 5.41) is 4.88. The number of benzene rings is 1. The number of halogens is 1. The molecule has 1 aliphatic carbocycles. The first-order valence-corrected chi connectivity index (χ1v) is 10.5. The van der Waals surface area contributed by atoms with Gasteiger partial charge in [0.2, 0.25) is 5.43 Å². The Kier molecular flexibility index (Phi) is 6.20. The Balaban J connectivity index is 1.71. The van der Waals surface area contributed by atoms with E-state index in [1.807, 2.05) is 28.9 Å². The molecule has 1 N–H and O–H groups in total. The number of hydrogen-bond acceptors (Lipinski definition) is 5. The lowest BCUT2D eigenvalue weighted by Crippen LogP contribution is -2.15. The molecule has 2 heterocycles. The van der Waals surface area contributed by atoms with Crippen LogP contribution in [0.25, 0.3) is 22.8 Å². The smallest absolute Gasteiger partial charge is 0.211 e. The van der Waals surface area contributed by atoms with E-state index in [0.29, 0.717) is 48.8 Å². The first kappa shape index (κ1) is 20.6. The first-order chi connectivity index (χ1) is 14.6. The summed E-state index contributed by atoms with van der Waals surface area (Å²) >= 11 is 6.06. The molecule has 1 atom stereocenters. The van der Waals surface area contributed by atoms with Crippen LogP contribution in [0.5, 0.6) is 5.75 Å². The van der Waals surface area contributed by atoms with Crippen molar-refractivity contribution in [3.05, 3.63) is 51.9 Å². The molecule has 4 rings (SSSR count). The zero-order valence-corrected chi connectivity index (χ0v) is 17.9. The van der Waals surface area contributed by atoms with Crippen molar-refractivity contribution in [3.63, 3.8) is 0 Å². The van der Waals surface area contributed by atoms with Gasteiger partial charge in [-0.2, -0.15) is 5.10 Å². The van der Waals surface area contributed by atoms with Crippen LogP contribution in [0, 0.1) is 11.8 Å². The maximum Gasteiger partial charge on any atom is 0.211 e. The zero-order chi connectivity index (χ0) is 21.1. The highest BCUT2D eigenvalue weighted by molar-refractivity contribution is 6.30. The van der Waals surface area contributed by atoms with E-state index in [2.05, 4.69) is 11.9 Å². The fourth-order valence-electron chi connectivity index (χ4n) is 3.47. The van der Waals surface area contributed by atoms with Gasteiger partial charge in [-0.3, -0.25) is 4.79 Å². The molecule has 7 nitrogen and oxygen atoms in total. The summed E-state index contributed by atoms with van der Waals surface area (Å²) in [6.07, 6.45) is 5.60. The van der Waals surface area contributed by atoms with E-state index in [-0.39, 0.29) is 10.5 Å². The van der Waals surface area contributed by atoms with E-state index in [1.54, 1.807) is 13.3 Å². The van der Waals surface area contributed by atoms with Gasteiger partial charge in [0.25, 0.3) is 0 Å². The van der Waals surface area contributed by atoms with E-state index in [9.17, 15) is 4.79 Å². The lowest BCUT2D eigenvalue weighted by molar-refractivity contribution is 0.146. The minimum absolute atomic E-state index is 0.132. The molecule has 0 radical (unpaired) electrons. The third-order valence-electron chi connectivity index (χ3n) is 5.35. The average molecular weight is 429 g/mol. The van der Waals surface area contributed by atoms with Crippen LogP contribution in [-0.2, 0) is 11.3 Å². The van der Waals surface area contributed by atoms with Crippen LogP contribution < -0.4 is 10.2 Å². The second-order valence-corrected chi connectivity index (χ2v) is 8.08. The number of pyridine rings is 1. The van der Waals surface area contributed by atoms with Crippen LogP contribution in [0.1, 0.15) is 19.8 Å². The Labute approximate surface area is 180 Å². The molecule has 2 aromatic heterocycles. The van der Waals surface area contributed by atoms with Crippen molar-refractivity contribution in [2.45, 2.75) is 26.3 Å². The van der Waals surface area contributed by atoms with Crippen molar-refractivity contribution in [2.75, 3.05) is 20.3 Å². The molecule has 1 saturated carbocycles. The minimum Gasteiger partial charge on any atom is -0.491 e. The van der Waals surface area contributed by atoms with Gasteiger partial charge in [0, 0.05) is 31.6 Å². The molecule has 0 bridgehead atoms. The molecule has 8 heteroatoms. The summed E-state index contributed by atoms with van der Waals surface area (Å²) < 4.78 is 12.6. The second kappa shape index (κ2) is 9.02. The van der Waals surface area contributed by atoms with Crippen LogP contribution in [0.15, 0.2) is 41.5 Å². The van der Waals surface area contributed by atoms with Crippen molar-refractivity contribution >= 4 is 11.6 Å². The number of nitrogens with one attached hydrogen (secondary N) is 1. The number of aromatic nitrogens is 4. The highest BCUT2D eigenvalue weighted by Gasteiger charge is 2.29. The molecule has 0 aliphatic heterocycles. The minimum atomic E-state index is -0.258. The first-order valence-electron chi connectivity index (χ1n) is 10.1. The monoisotopic (exact) mass is 428 g/mol. The molecule has 1 unspecified atom stereocenters. The molecule has 1 aromatic carbocycles. The van der Waals surface area contributed by atoms with Crippen LogP contribution in [0.2, 0.25) is 5.02 Å². The second-order valence-electron chi connectivity index (χ2n) is 7.67. The maximum atomic E-state index is 12.6. The zero-order valence-electron chi connectivity index (χ0n) is 17.1. The molecule has 1 aliphatic rings. The maximum absolute atomic E-state index is 12.6. The van der Waals surface area contributed by atoms with E-state index < -0.39 is 0 Å². The molecular formula is C22H25ClN4O3. The van der Waals surface area contributed by atoms with Gasteiger partial charge in [-0.25, -0.2) is 9.67 Å². The Morgan fingerprint density at radius 1 is 1.30 bits per heavy atom. The van der Waals surface area contributed by atoms with Gasteiger partial charge < -0.3 is 14.5 Å². The molecule has 0 amide bonds. The van der Waals surface area contributed by atoms with Crippen LogP contribution in [-0.4, -0.2) is 40.1 Å². The number of H-pyrrole nitrogens is 1. The van der Waals surface area contributed by atoms with Crippen molar-refractivity contribution in [1.29, 1.82) is 0 Å². The number of hydrogen-bond donors (Lipinski definition) is 1. The summed E-state index contributed by atoms with van der Waals surface area (Å²) in [6.45, 7) is 3.89. The van der Waals surface area contributed by atoms with Gasteiger partial charge in [0.05, 0.1) is 12.2 Å². The molecular weight excluding hydrogens is 404 g/mol. The SMILES string of the molecule is COCCOc1cccc(-c2nc(-c3c[nH]cc(Cl)c3=O)n(CC(C)C3CC3)n2)c1. The lowest BCUT2D eigenvalue weighted by Gasteiger charge is -2.11. The number of ether oxygens (including phenoxy) is 2. The fourth-order valence-corrected chi connectivity index (χ4v) is 3.63. The Morgan fingerprint density at radius 3 is 2.90 bits per heavy atom. The normalized spacial score (nSPS) is 14.6. The van der Waals surface area contributed by atoms with E-state index in [1.165, 1.54) is 19.0 Å². The summed E-state index contributed by atoms with van der Waals surface area (Å²) in [6, 6.07) is 7.61. The van der Waals surface area contributed by atoms with Crippen LogP contribution >= 0.6 is 11.6 Å². The molecule has 30 heavy (non-hydrogen) atoms. The topological polar surface area (TPSA) is 82.0 Å². The molecule has 0 spiro atoms. The van der Waals surface area contributed by atoms with Gasteiger partial charge >= 0.3 is 0 Å². The van der Waals surface area contributed by atoms with Gasteiger partial charge in [-0.1, -0.05) is 30.7 Å². The van der Waals surface area contributed by atoms with E-state index in [0.717, 1.165) is 11.3 Å². The van der Waals surface area contributed by atoms with Crippen molar-refractivity contribution < 1.29 is 9.47 Å². The van der Waals surface area contributed by atoms with Gasteiger partial charge in [-0.15, -0.1) is 0 Å². The summed E-state index contributed by atoms with van der Waals surface area (Å²) in [5.41, 5.74) is 0.977. The van der Waals surface area contributed by atoms with Crippen LogP contribution in [0.4, 0.5) is 0 Å². The number of rotatable bonds is 9. The molecule has 1 fully saturated rings. The standard InChI is InChI=1S/C22H25ClN4O3/c1-14(15-6-7-15)13-27-22(18-11-24-12-19(23)20(18)28)25-21(26-27)16-4-3-5-17(10-16)30-9-8-29-2/h3-5,10-12,14-15H,6-9,13H2,1-2H3,(H,24,28). The number of aromatic amines is 1. The van der Waals surface area contributed by atoms with E-state index >= 15 is 0 Å².